The summed E-state index contributed by atoms with van der Waals surface area (Å²) in [5.41, 5.74) is 9.79. The predicted molar refractivity (Wildman–Crippen MR) is 103 cm³/mol. The van der Waals surface area contributed by atoms with Crippen LogP contribution in [0.5, 0.6) is 0 Å². The molecular formula is C20H27N5O. The first-order valence-electron chi connectivity index (χ1n) is 9.42. The molecule has 0 bridgehead atoms. The summed E-state index contributed by atoms with van der Waals surface area (Å²) < 4.78 is 5.34. The highest BCUT2D eigenvalue weighted by Gasteiger charge is 2.22. The summed E-state index contributed by atoms with van der Waals surface area (Å²) in [6.45, 7) is 4.20. The number of nitrogens with two attached hydrogens (primary N) is 1. The Labute approximate surface area is 155 Å². The molecule has 0 atom stereocenters. The van der Waals surface area contributed by atoms with E-state index in [0.717, 1.165) is 62.9 Å². The third-order valence-electron chi connectivity index (χ3n) is 5.32. The van der Waals surface area contributed by atoms with Gasteiger partial charge in [-0.15, -0.1) is 0 Å². The van der Waals surface area contributed by atoms with Gasteiger partial charge in [0.15, 0.2) is 0 Å². The molecule has 1 saturated heterocycles. The van der Waals surface area contributed by atoms with E-state index in [2.05, 4.69) is 40.1 Å². The van der Waals surface area contributed by atoms with Gasteiger partial charge >= 0.3 is 0 Å². The molecule has 6 heteroatoms. The molecule has 26 heavy (non-hydrogen) atoms. The molecule has 0 unspecified atom stereocenters. The van der Waals surface area contributed by atoms with E-state index < -0.39 is 0 Å². The van der Waals surface area contributed by atoms with Crippen molar-refractivity contribution in [2.24, 2.45) is 5.73 Å². The van der Waals surface area contributed by atoms with Crippen molar-refractivity contribution in [2.75, 3.05) is 36.5 Å². The van der Waals surface area contributed by atoms with Gasteiger partial charge < -0.3 is 20.3 Å². The Morgan fingerprint density at radius 1 is 1.08 bits per heavy atom. The van der Waals surface area contributed by atoms with E-state index in [-0.39, 0.29) is 0 Å². The van der Waals surface area contributed by atoms with Crippen LogP contribution in [0.25, 0.3) is 0 Å². The van der Waals surface area contributed by atoms with Crippen LogP contribution in [0, 0.1) is 0 Å². The Balaban J connectivity index is 1.61. The largest absolute Gasteiger partial charge is 0.378 e. The lowest BCUT2D eigenvalue weighted by Crippen LogP contribution is -2.40. The van der Waals surface area contributed by atoms with E-state index in [1.807, 2.05) is 0 Å². The van der Waals surface area contributed by atoms with Gasteiger partial charge in [-0.25, -0.2) is 4.98 Å². The van der Waals surface area contributed by atoms with E-state index in [1.54, 1.807) is 7.11 Å². The Kier molecular flexibility index (Phi) is 5.04. The van der Waals surface area contributed by atoms with Crippen LogP contribution in [0.4, 0.5) is 11.8 Å². The molecule has 0 amide bonds. The third kappa shape index (κ3) is 3.66. The monoisotopic (exact) mass is 353 g/mol. The fraction of sp³-hybridized carbons (Fsp3) is 0.500. The molecule has 2 aliphatic rings. The SMILES string of the molecule is COCc1cc(N2CCC(N)CC2)nc(N2CCc3ccccc3C2)n1. The Morgan fingerprint density at radius 2 is 1.85 bits per heavy atom. The summed E-state index contributed by atoms with van der Waals surface area (Å²) in [5, 5.41) is 0. The van der Waals surface area contributed by atoms with Crippen LogP contribution < -0.4 is 15.5 Å². The average Bonchev–Trinajstić information content (AvgIpc) is 2.68. The number of piperidine rings is 1. The smallest absolute Gasteiger partial charge is 0.227 e. The molecule has 1 fully saturated rings. The molecule has 1 aromatic carbocycles. The van der Waals surface area contributed by atoms with E-state index in [1.165, 1.54) is 11.1 Å². The topological polar surface area (TPSA) is 67.5 Å². The minimum Gasteiger partial charge on any atom is -0.378 e. The summed E-state index contributed by atoms with van der Waals surface area (Å²) in [4.78, 5) is 14.3. The number of methoxy groups -OCH3 is 1. The molecule has 0 aliphatic carbocycles. The molecule has 3 heterocycles. The Hall–Kier alpha value is -2.18. The van der Waals surface area contributed by atoms with E-state index in [0.29, 0.717) is 12.6 Å². The van der Waals surface area contributed by atoms with Gasteiger partial charge in [0.25, 0.3) is 0 Å². The molecular weight excluding hydrogens is 326 g/mol. The molecule has 1 aromatic heterocycles. The number of benzene rings is 1. The zero-order valence-corrected chi connectivity index (χ0v) is 15.4. The first-order chi connectivity index (χ1) is 12.7. The summed E-state index contributed by atoms with van der Waals surface area (Å²) in [6.07, 6.45) is 3.05. The van der Waals surface area contributed by atoms with Gasteiger partial charge in [0.05, 0.1) is 12.3 Å². The van der Waals surface area contributed by atoms with Crippen LogP contribution in [0.2, 0.25) is 0 Å². The van der Waals surface area contributed by atoms with Gasteiger partial charge in [0, 0.05) is 45.4 Å². The fourth-order valence-corrected chi connectivity index (χ4v) is 3.79. The van der Waals surface area contributed by atoms with Crippen LogP contribution in [0.3, 0.4) is 0 Å². The highest BCUT2D eigenvalue weighted by atomic mass is 16.5. The Bertz CT molecular complexity index is 758. The number of anilines is 2. The van der Waals surface area contributed by atoms with Gasteiger partial charge in [-0.1, -0.05) is 24.3 Å². The number of rotatable bonds is 4. The molecule has 2 N–H and O–H groups in total. The standard InChI is InChI=1S/C20H27N5O/c1-26-14-18-12-19(24-10-7-17(21)8-11-24)23-20(22-18)25-9-6-15-4-2-3-5-16(15)13-25/h2-5,12,17H,6-11,13-14,21H2,1H3. The fourth-order valence-electron chi connectivity index (χ4n) is 3.79. The maximum Gasteiger partial charge on any atom is 0.227 e. The zero-order chi connectivity index (χ0) is 17.9. The number of fused-ring (bicyclic) bond motifs is 1. The summed E-state index contributed by atoms with van der Waals surface area (Å²) in [6, 6.07) is 11.0. The maximum atomic E-state index is 6.06. The van der Waals surface area contributed by atoms with Crippen LogP contribution in [0.15, 0.2) is 30.3 Å². The first-order valence-corrected chi connectivity index (χ1v) is 9.42. The minimum atomic E-state index is 0.310. The first kappa shape index (κ1) is 17.2. The average molecular weight is 353 g/mol. The Morgan fingerprint density at radius 3 is 2.62 bits per heavy atom. The van der Waals surface area contributed by atoms with Crippen LogP contribution in [-0.4, -0.2) is 42.8 Å². The summed E-state index contributed by atoms with van der Waals surface area (Å²) in [7, 11) is 1.71. The lowest BCUT2D eigenvalue weighted by atomic mass is 10.0. The van der Waals surface area contributed by atoms with Crippen LogP contribution >= 0.6 is 0 Å². The van der Waals surface area contributed by atoms with E-state index >= 15 is 0 Å². The molecule has 2 aliphatic heterocycles. The number of hydrogen-bond donors (Lipinski definition) is 1. The van der Waals surface area contributed by atoms with Gasteiger partial charge in [-0.3, -0.25) is 0 Å². The summed E-state index contributed by atoms with van der Waals surface area (Å²) in [5.74, 6) is 1.80. The molecule has 138 valence electrons. The second-order valence-electron chi connectivity index (χ2n) is 7.22. The quantitative estimate of drug-likeness (QED) is 0.908. The normalized spacial score (nSPS) is 18.1. The third-order valence-corrected chi connectivity index (χ3v) is 5.32. The molecule has 4 rings (SSSR count). The molecule has 0 radical (unpaired) electrons. The van der Waals surface area contributed by atoms with Gasteiger partial charge in [-0.2, -0.15) is 4.98 Å². The van der Waals surface area contributed by atoms with Crippen molar-refractivity contribution in [3.05, 3.63) is 47.2 Å². The highest BCUT2D eigenvalue weighted by molar-refractivity contribution is 5.48. The van der Waals surface area contributed by atoms with Gasteiger partial charge in [-0.05, 0) is 30.4 Å². The van der Waals surface area contributed by atoms with Crippen molar-refractivity contribution >= 4 is 11.8 Å². The van der Waals surface area contributed by atoms with E-state index in [9.17, 15) is 0 Å². The second kappa shape index (κ2) is 7.60. The van der Waals surface area contributed by atoms with Gasteiger partial charge in [0.1, 0.15) is 5.82 Å². The van der Waals surface area contributed by atoms with Crippen molar-refractivity contribution in [3.8, 4) is 0 Å². The maximum absolute atomic E-state index is 6.06. The number of hydrogen-bond acceptors (Lipinski definition) is 6. The number of aromatic nitrogens is 2. The lowest BCUT2D eigenvalue weighted by Gasteiger charge is -2.33. The van der Waals surface area contributed by atoms with Crippen LogP contribution in [0.1, 0.15) is 29.7 Å². The van der Waals surface area contributed by atoms with Crippen LogP contribution in [-0.2, 0) is 24.3 Å². The van der Waals surface area contributed by atoms with Crippen molar-refractivity contribution in [1.29, 1.82) is 0 Å². The number of ether oxygens (including phenoxy) is 1. The zero-order valence-electron chi connectivity index (χ0n) is 15.4. The minimum absolute atomic E-state index is 0.310. The van der Waals surface area contributed by atoms with Crippen molar-refractivity contribution < 1.29 is 4.74 Å². The molecule has 0 saturated carbocycles. The van der Waals surface area contributed by atoms with Crippen molar-refractivity contribution in [2.45, 2.75) is 38.5 Å². The number of nitrogens with zero attached hydrogens (tertiary/aromatic N) is 4. The van der Waals surface area contributed by atoms with Crippen molar-refractivity contribution in [3.63, 3.8) is 0 Å². The summed E-state index contributed by atoms with van der Waals surface area (Å²) >= 11 is 0. The van der Waals surface area contributed by atoms with Gasteiger partial charge in [0.2, 0.25) is 5.95 Å². The van der Waals surface area contributed by atoms with E-state index in [4.69, 9.17) is 20.4 Å². The molecule has 2 aromatic rings. The van der Waals surface area contributed by atoms with Crippen molar-refractivity contribution in [1.82, 2.24) is 9.97 Å². The second-order valence-corrected chi connectivity index (χ2v) is 7.22. The highest BCUT2D eigenvalue weighted by Crippen LogP contribution is 2.25. The lowest BCUT2D eigenvalue weighted by molar-refractivity contribution is 0.181. The predicted octanol–water partition coefficient (Wildman–Crippen LogP) is 2.11. The molecule has 0 spiro atoms. The molecule has 6 nitrogen and oxygen atoms in total.